The van der Waals surface area contributed by atoms with E-state index in [0.717, 1.165) is 96.0 Å². The van der Waals surface area contributed by atoms with Crippen molar-refractivity contribution in [1.82, 2.24) is 20.0 Å². The number of nitrogens with zero attached hydrogens (tertiary/aromatic N) is 3. The number of hydrogen-bond acceptors (Lipinski definition) is 5. The first-order valence-corrected chi connectivity index (χ1v) is 13.4. The Balaban J connectivity index is 1.25. The number of likely N-dealkylation sites (N-methyl/N-ethyl adjacent to an activating group) is 1. The highest BCUT2D eigenvalue weighted by molar-refractivity contribution is 6.30. The van der Waals surface area contributed by atoms with Gasteiger partial charge < -0.3 is 15.0 Å². The maximum Gasteiger partial charge on any atom is 0.224 e. The van der Waals surface area contributed by atoms with E-state index in [0.29, 0.717) is 10.8 Å². The molecule has 0 aliphatic carbocycles. The molecule has 0 saturated carbocycles. The first kappa shape index (κ1) is 26.0. The van der Waals surface area contributed by atoms with Crippen LogP contribution in [0.5, 0.6) is 0 Å². The first-order valence-electron chi connectivity index (χ1n) is 13.0. The molecule has 2 fully saturated rings. The van der Waals surface area contributed by atoms with Gasteiger partial charge in [-0.25, -0.2) is 0 Å². The van der Waals surface area contributed by atoms with Crippen LogP contribution in [0.3, 0.4) is 0 Å². The zero-order valence-electron chi connectivity index (χ0n) is 21.2. The average Bonchev–Trinajstić information content (AvgIpc) is 3.06. The molecule has 7 heteroatoms. The molecule has 35 heavy (non-hydrogen) atoms. The van der Waals surface area contributed by atoms with E-state index in [1.807, 2.05) is 37.3 Å². The Morgan fingerprint density at radius 2 is 1.97 bits per heavy atom. The van der Waals surface area contributed by atoms with E-state index in [1.54, 1.807) is 0 Å². The van der Waals surface area contributed by atoms with Gasteiger partial charge in [0.25, 0.3) is 0 Å². The largest absolute Gasteiger partial charge is 0.453 e. The zero-order chi connectivity index (χ0) is 24.6. The van der Waals surface area contributed by atoms with Crippen molar-refractivity contribution in [2.24, 2.45) is 5.92 Å². The van der Waals surface area contributed by atoms with Crippen molar-refractivity contribution in [3.8, 4) is 0 Å². The second-order valence-electron chi connectivity index (χ2n) is 9.80. The van der Waals surface area contributed by atoms with Gasteiger partial charge in [0.2, 0.25) is 5.91 Å². The minimum atomic E-state index is 0.0592. The molecule has 1 amide bonds. The topological polar surface area (TPSA) is 48.0 Å². The molecule has 3 heterocycles. The summed E-state index contributed by atoms with van der Waals surface area (Å²) in [6.07, 6.45) is 4.85. The molecule has 6 nitrogen and oxygen atoms in total. The Morgan fingerprint density at radius 1 is 1.17 bits per heavy atom. The van der Waals surface area contributed by atoms with Crippen LogP contribution < -0.4 is 5.32 Å². The summed E-state index contributed by atoms with van der Waals surface area (Å²) >= 11 is 6.16. The van der Waals surface area contributed by atoms with Crippen LogP contribution >= 0.6 is 11.6 Å². The number of carbonyl (C=O) groups excluding carboxylic acids is 1. The van der Waals surface area contributed by atoms with E-state index in [2.05, 4.69) is 32.7 Å². The van der Waals surface area contributed by atoms with Gasteiger partial charge in [0, 0.05) is 62.9 Å². The number of likely N-dealkylation sites (tertiary alicyclic amines) is 1. The molecular weight excluding hydrogens is 460 g/mol. The molecule has 1 aromatic carbocycles. The van der Waals surface area contributed by atoms with Crippen molar-refractivity contribution in [2.75, 3.05) is 65.4 Å². The normalized spacial score (nSPS) is 22.5. The number of ether oxygens (including phenoxy) is 1. The fourth-order valence-corrected chi connectivity index (χ4v) is 5.30. The first-order chi connectivity index (χ1) is 17.0. The smallest absolute Gasteiger partial charge is 0.224 e. The number of nitrogens with one attached hydrogen (secondary N) is 1. The summed E-state index contributed by atoms with van der Waals surface area (Å²) in [5, 5.41) is 3.89. The lowest BCUT2D eigenvalue weighted by atomic mass is 9.96. The molecule has 0 bridgehead atoms. The molecule has 190 valence electrons. The maximum atomic E-state index is 12.9. The lowest BCUT2D eigenvalue weighted by Gasteiger charge is -2.34. The van der Waals surface area contributed by atoms with Gasteiger partial charge in [-0.15, -0.1) is 0 Å². The standard InChI is InChI=1S/C28H39ClN4O2/c1-3-31-15-17-32(18-16-31)14-12-30-28(34)25-9-6-13-33(21-25)20-24-8-5-11-27(35-22(24)2)23-7-4-10-26(29)19-23/h4-5,7,10,19,25H,3,6,8-9,12-18,20-21H2,1-2H3,(H,30,34). The van der Waals surface area contributed by atoms with Crippen LogP contribution in [-0.2, 0) is 9.53 Å². The van der Waals surface area contributed by atoms with Crippen molar-refractivity contribution in [3.63, 3.8) is 0 Å². The molecule has 1 unspecified atom stereocenters. The minimum Gasteiger partial charge on any atom is -0.453 e. The van der Waals surface area contributed by atoms with Crippen molar-refractivity contribution >= 4 is 23.3 Å². The van der Waals surface area contributed by atoms with Gasteiger partial charge in [0.05, 0.1) is 5.92 Å². The Bertz CT molecular complexity index is 977. The zero-order valence-corrected chi connectivity index (χ0v) is 21.9. The predicted molar refractivity (Wildman–Crippen MR) is 142 cm³/mol. The van der Waals surface area contributed by atoms with Crippen molar-refractivity contribution in [1.29, 1.82) is 0 Å². The Hall–Kier alpha value is -2.08. The maximum absolute atomic E-state index is 12.9. The molecule has 0 spiro atoms. The second kappa shape index (κ2) is 12.8. The molecule has 1 aromatic rings. The van der Waals surface area contributed by atoms with Crippen LogP contribution in [0.4, 0.5) is 0 Å². The number of rotatable bonds is 8. The quantitative estimate of drug-likeness (QED) is 0.549. The highest BCUT2D eigenvalue weighted by Gasteiger charge is 2.27. The lowest BCUT2D eigenvalue weighted by molar-refractivity contribution is -0.126. The third-order valence-corrected chi connectivity index (χ3v) is 7.59. The predicted octanol–water partition coefficient (Wildman–Crippen LogP) is 4.00. The summed E-state index contributed by atoms with van der Waals surface area (Å²) in [4.78, 5) is 20.2. The van der Waals surface area contributed by atoms with Crippen LogP contribution in [0.25, 0.3) is 5.76 Å². The summed E-state index contributed by atoms with van der Waals surface area (Å²) in [6.45, 7) is 14.1. The van der Waals surface area contributed by atoms with Gasteiger partial charge in [-0.05, 0) is 63.1 Å². The van der Waals surface area contributed by atoms with E-state index in [4.69, 9.17) is 16.3 Å². The number of carbonyl (C=O) groups is 1. The summed E-state index contributed by atoms with van der Waals surface area (Å²) in [5.41, 5.74) is 5.45. The molecule has 3 aliphatic rings. The highest BCUT2D eigenvalue weighted by atomic mass is 35.5. The summed E-state index contributed by atoms with van der Waals surface area (Å²) in [5.74, 6) is 1.88. The Labute approximate surface area is 215 Å². The summed E-state index contributed by atoms with van der Waals surface area (Å²) in [6, 6.07) is 7.66. The number of piperidine rings is 1. The second-order valence-corrected chi connectivity index (χ2v) is 10.2. The average molecular weight is 499 g/mol. The van der Waals surface area contributed by atoms with Crippen molar-refractivity contribution < 1.29 is 9.53 Å². The minimum absolute atomic E-state index is 0.0592. The monoisotopic (exact) mass is 498 g/mol. The van der Waals surface area contributed by atoms with E-state index in [-0.39, 0.29) is 11.8 Å². The number of hydrogen-bond donors (Lipinski definition) is 1. The van der Waals surface area contributed by atoms with E-state index in [9.17, 15) is 4.79 Å². The van der Waals surface area contributed by atoms with Gasteiger partial charge in [0.1, 0.15) is 5.76 Å². The molecule has 1 N–H and O–H groups in total. The summed E-state index contributed by atoms with van der Waals surface area (Å²) in [7, 11) is 0. The van der Waals surface area contributed by atoms with Gasteiger partial charge >= 0.3 is 0 Å². The molecule has 2 saturated heterocycles. The molecule has 1 atom stereocenters. The van der Waals surface area contributed by atoms with E-state index >= 15 is 0 Å². The molecule has 0 aromatic heterocycles. The van der Waals surface area contributed by atoms with Crippen molar-refractivity contribution in [3.05, 3.63) is 58.0 Å². The van der Waals surface area contributed by atoms with Gasteiger partial charge in [-0.1, -0.05) is 36.4 Å². The number of piperazine rings is 1. The number of allylic oxidation sites excluding steroid dienone is 2. The fourth-order valence-electron chi connectivity index (χ4n) is 5.11. The third kappa shape index (κ3) is 7.45. The van der Waals surface area contributed by atoms with Crippen LogP contribution in [-0.4, -0.2) is 86.1 Å². The highest BCUT2D eigenvalue weighted by Crippen LogP contribution is 2.27. The van der Waals surface area contributed by atoms with Gasteiger partial charge in [0.15, 0.2) is 5.76 Å². The molecular formula is C28H39ClN4O2. The molecule has 4 rings (SSSR count). The Morgan fingerprint density at radius 3 is 2.74 bits per heavy atom. The fraction of sp³-hybridized carbons (Fsp3) is 0.571. The number of amides is 1. The van der Waals surface area contributed by atoms with E-state index < -0.39 is 0 Å². The number of halogens is 1. The van der Waals surface area contributed by atoms with Crippen LogP contribution in [0.1, 0.15) is 38.7 Å². The van der Waals surface area contributed by atoms with Crippen LogP contribution in [0.15, 0.2) is 47.4 Å². The summed E-state index contributed by atoms with van der Waals surface area (Å²) < 4.78 is 6.19. The third-order valence-electron chi connectivity index (χ3n) is 7.35. The molecule has 3 aliphatic heterocycles. The van der Waals surface area contributed by atoms with Crippen LogP contribution in [0.2, 0.25) is 5.02 Å². The number of benzene rings is 1. The van der Waals surface area contributed by atoms with Gasteiger partial charge in [-0.2, -0.15) is 0 Å². The molecule has 0 radical (unpaired) electrons. The van der Waals surface area contributed by atoms with Crippen molar-refractivity contribution in [2.45, 2.75) is 33.1 Å². The lowest BCUT2D eigenvalue weighted by Crippen LogP contribution is -2.49. The Kier molecular flexibility index (Phi) is 9.47. The SMILES string of the molecule is CCN1CCN(CCNC(=O)C2CCCN(CC3=C(C)OC(c4cccc(Cl)c4)=C=CC3)C2)CC1. The van der Waals surface area contributed by atoms with Gasteiger partial charge in [-0.3, -0.25) is 14.6 Å². The van der Waals surface area contributed by atoms with E-state index in [1.165, 1.54) is 5.57 Å². The van der Waals surface area contributed by atoms with Crippen LogP contribution in [0, 0.1) is 5.92 Å².